The molecule has 0 bridgehead atoms. The first kappa shape index (κ1) is 47.4. The van der Waals surface area contributed by atoms with Crippen molar-refractivity contribution in [3.8, 4) is 0 Å². The van der Waals surface area contributed by atoms with Crippen LogP contribution in [0.15, 0.2) is 164 Å². The number of ether oxygens (including phenoxy) is 8. The normalized spacial score (nSPS) is 13.3. The van der Waals surface area contributed by atoms with Crippen LogP contribution >= 0.6 is 0 Å². The molecule has 0 saturated carbocycles. The lowest BCUT2D eigenvalue weighted by molar-refractivity contribution is -0.141. The van der Waals surface area contributed by atoms with Gasteiger partial charge in [0.15, 0.2) is 0 Å². The summed E-state index contributed by atoms with van der Waals surface area (Å²) in [7, 11) is 0. The monoisotopic (exact) mass is 968 g/mol. The fraction of sp³-hybridized carbons (Fsp3) is 0.262. The molecule has 0 aliphatic carbocycles. The van der Waals surface area contributed by atoms with Crippen molar-refractivity contribution in [3.05, 3.63) is 180 Å². The maximum Gasteiger partial charge on any atom is 0.112 e. The van der Waals surface area contributed by atoms with E-state index in [4.69, 9.17) is 37.9 Å². The highest BCUT2D eigenvalue weighted by Crippen LogP contribution is 2.39. The van der Waals surface area contributed by atoms with Gasteiger partial charge in [0.2, 0.25) is 0 Å². The minimum absolute atomic E-state index is 0.328. The first-order valence-corrected chi connectivity index (χ1v) is 25.7. The smallest absolute Gasteiger partial charge is 0.112 e. The van der Waals surface area contributed by atoms with Crippen LogP contribution in [0, 0.1) is 0 Å². The molecule has 0 N–H and O–H groups in total. The molecule has 12 rings (SSSR count). The highest BCUT2D eigenvalue weighted by Gasteiger charge is 2.26. The molecular weight excluding hydrogens is 909 g/mol. The molecule has 12 aromatic carbocycles. The Bertz CT molecular complexity index is 3750. The summed E-state index contributed by atoms with van der Waals surface area (Å²) in [6.07, 6.45) is 0. The molecule has 0 aliphatic rings. The molecule has 0 amide bonds. The van der Waals surface area contributed by atoms with Crippen molar-refractivity contribution in [3.63, 3.8) is 0 Å². The van der Waals surface area contributed by atoms with Crippen molar-refractivity contribution >= 4 is 97.0 Å². The highest BCUT2D eigenvalue weighted by atomic mass is 16.6. The lowest BCUT2D eigenvalue weighted by Gasteiger charge is -2.29. The standard InChI is InChI=1S/C65H60O8/c1-65(73-38-37-70-41-55-22-19-52-16-13-46-7-4-10-49-25-28-58(55)64(52)61(46)49,43-72-36-34-69-40-54-21-18-51-15-12-45-6-3-9-48-24-27-57(54)63(51)60(45)48)42-71-35-32-67-30-29-66-31-33-68-39-53-20-17-50-14-11-44-5-2-8-47-23-26-56(53)62(50)59(44)47/h2-28H,29-43H2,1H3. The Kier molecular flexibility index (Phi) is 14.0. The minimum Gasteiger partial charge on any atom is -0.377 e. The van der Waals surface area contributed by atoms with E-state index in [2.05, 4.69) is 164 Å². The molecule has 0 saturated heterocycles. The topological polar surface area (TPSA) is 73.8 Å². The van der Waals surface area contributed by atoms with Gasteiger partial charge in [0, 0.05) is 0 Å². The third-order valence-corrected chi connectivity index (χ3v) is 14.6. The first-order chi connectivity index (χ1) is 36.1. The number of hydrogen-bond acceptors (Lipinski definition) is 8. The molecule has 0 heterocycles. The molecule has 1 atom stereocenters. The van der Waals surface area contributed by atoms with Crippen LogP contribution in [0.5, 0.6) is 0 Å². The van der Waals surface area contributed by atoms with Gasteiger partial charge in [0.1, 0.15) is 5.60 Å². The van der Waals surface area contributed by atoms with Crippen LogP contribution in [0.3, 0.4) is 0 Å². The van der Waals surface area contributed by atoms with E-state index in [1.165, 1.54) is 108 Å². The summed E-state index contributed by atoms with van der Waals surface area (Å²) in [5, 5.41) is 22.9. The van der Waals surface area contributed by atoms with Crippen molar-refractivity contribution in [2.24, 2.45) is 0 Å². The average molecular weight is 969 g/mol. The van der Waals surface area contributed by atoms with E-state index >= 15 is 0 Å². The molecule has 0 aromatic heterocycles. The fourth-order valence-corrected chi connectivity index (χ4v) is 11.0. The maximum atomic E-state index is 6.51. The summed E-state index contributed by atoms with van der Waals surface area (Å²) in [4.78, 5) is 0. The van der Waals surface area contributed by atoms with E-state index in [1.54, 1.807) is 0 Å². The largest absolute Gasteiger partial charge is 0.377 e. The zero-order chi connectivity index (χ0) is 49.0. The zero-order valence-corrected chi connectivity index (χ0v) is 41.5. The second kappa shape index (κ2) is 21.5. The molecule has 0 fully saturated rings. The van der Waals surface area contributed by atoms with Gasteiger partial charge in [-0.1, -0.05) is 164 Å². The van der Waals surface area contributed by atoms with Crippen LogP contribution in [-0.4, -0.2) is 84.9 Å². The van der Waals surface area contributed by atoms with Gasteiger partial charge in [0.05, 0.1) is 99.1 Å². The Balaban J connectivity index is 0.595. The molecule has 368 valence electrons. The van der Waals surface area contributed by atoms with Gasteiger partial charge in [-0.15, -0.1) is 0 Å². The molecule has 1 unspecified atom stereocenters. The first-order valence-electron chi connectivity index (χ1n) is 25.7. The second-order valence-electron chi connectivity index (χ2n) is 19.5. The van der Waals surface area contributed by atoms with Gasteiger partial charge in [-0.25, -0.2) is 0 Å². The van der Waals surface area contributed by atoms with Crippen LogP contribution in [-0.2, 0) is 57.7 Å². The van der Waals surface area contributed by atoms with Crippen LogP contribution in [0.2, 0.25) is 0 Å². The van der Waals surface area contributed by atoms with Crippen LogP contribution in [0.4, 0.5) is 0 Å². The third kappa shape index (κ3) is 9.86. The van der Waals surface area contributed by atoms with Crippen molar-refractivity contribution < 1.29 is 37.9 Å². The van der Waals surface area contributed by atoms with Gasteiger partial charge in [-0.3, -0.25) is 0 Å². The third-order valence-electron chi connectivity index (χ3n) is 14.6. The van der Waals surface area contributed by atoms with E-state index in [1.807, 2.05) is 6.92 Å². The lowest BCUT2D eigenvalue weighted by Crippen LogP contribution is -2.41. The van der Waals surface area contributed by atoms with Crippen molar-refractivity contribution in [1.29, 1.82) is 0 Å². The van der Waals surface area contributed by atoms with Gasteiger partial charge >= 0.3 is 0 Å². The van der Waals surface area contributed by atoms with E-state index in [0.717, 1.165) is 5.56 Å². The predicted octanol–water partition coefficient (Wildman–Crippen LogP) is 14.2. The summed E-state index contributed by atoms with van der Waals surface area (Å²) in [5.74, 6) is 0. The Morgan fingerprint density at radius 1 is 0.260 bits per heavy atom. The molecule has 12 aromatic rings. The molecule has 8 heteroatoms. The summed E-state index contributed by atoms with van der Waals surface area (Å²) in [5.41, 5.74) is 2.80. The zero-order valence-electron chi connectivity index (χ0n) is 41.5. The van der Waals surface area contributed by atoms with Gasteiger partial charge in [0.25, 0.3) is 0 Å². The molecule has 0 aliphatic heterocycles. The maximum absolute atomic E-state index is 6.51. The van der Waals surface area contributed by atoms with Crippen LogP contribution in [0.25, 0.3) is 97.0 Å². The Morgan fingerprint density at radius 3 is 0.863 bits per heavy atom. The lowest BCUT2D eigenvalue weighted by atomic mass is 9.92. The SMILES string of the molecule is CC(COCCOCCOCCOCc1ccc2ccc3cccc4ccc1c2c34)(COCCOCc1ccc2ccc3cccc4ccc1c2c34)OCCOCc1ccc2ccc3cccc4ccc1c2c34. The molecule has 8 nitrogen and oxygen atoms in total. The van der Waals surface area contributed by atoms with E-state index in [-0.39, 0.29) is 0 Å². The number of hydrogen-bond donors (Lipinski definition) is 0. The van der Waals surface area contributed by atoms with E-state index < -0.39 is 5.60 Å². The molecule has 0 spiro atoms. The quantitative estimate of drug-likeness (QED) is 0.0392. The van der Waals surface area contributed by atoms with Crippen LogP contribution < -0.4 is 0 Å². The Hall–Kier alpha value is -6.56. The van der Waals surface area contributed by atoms with E-state index in [0.29, 0.717) is 99.1 Å². The molecular formula is C65H60O8. The van der Waals surface area contributed by atoms with Gasteiger partial charge in [-0.2, -0.15) is 0 Å². The van der Waals surface area contributed by atoms with Crippen molar-refractivity contribution in [2.75, 3.05) is 79.3 Å². The minimum atomic E-state index is -0.719. The van der Waals surface area contributed by atoms with E-state index in [9.17, 15) is 0 Å². The average Bonchev–Trinajstić information content (AvgIpc) is 3.43. The van der Waals surface area contributed by atoms with Gasteiger partial charge in [-0.05, 0) is 121 Å². The number of benzene rings is 12. The Labute approximate surface area is 425 Å². The highest BCUT2D eigenvalue weighted by molar-refractivity contribution is 6.25. The van der Waals surface area contributed by atoms with Crippen molar-refractivity contribution in [1.82, 2.24) is 0 Å². The predicted molar refractivity (Wildman–Crippen MR) is 297 cm³/mol. The summed E-state index contributed by atoms with van der Waals surface area (Å²) in [6.45, 7) is 8.68. The van der Waals surface area contributed by atoms with Crippen molar-refractivity contribution in [2.45, 2.75) is 32.3 Å². The second-order valence-corrected chi connectivity index (χ2v) is 19.5. The summed E-state index contributed by atoms with van der Waals surface area (Å²) >= 11 is 0. The summed E-state index contributed by atoms with van der Waals surface area (Å²) < 4.78 is 49.2. The molecule has 73 heavy (non-hydrogen) atoms. The van der Waals surface area contributed by atoms with Gasteiger partial charge < -0.3 is 37.9 Å². The number of rotatable bonds is 26. The fourth-order valence-electron chi connectivity index (χ4n) is 11.0. The molecule has 0 radical (unpaired) electrons. The Morgan fingerprint density at radius 2 is 0.521 bits per heavy atom. The van der Waals surface area contributed by atoms with Crippen LogP contribution in [0.1, 0.15) is 23.6 Å². The summed E-state index contributed by atoms with van der Waals surface area (Å²) in [6, 6.07) is 59.2.